The molecule has 0 unspecified atom stereocenters. The maximum atomic E-state index is 11.8. The fourth-order valence-electron chi connectivity index (χ4n) is 0.854. The van der Waals surface area contributed by atoms with Gasteiger partial charge in [-0.1, -0.05) is 29.8 Å². The van der Waals surface area contributed by atoms with E-state index in [0.717, 1.165) is 5.56 Å². The van der Waals surface area contributed by atoms with E-state index in [1.807, 2.05) is 0 Å². The van der Waals surface area contributed by atoms with E-state index in [-0.39, 0.29) is 5.56 Å². The first-order valence-corrected chi connectivity index (χ1v) is 4.57. The Morgan fingerprint density at radius 1 is 1.21 bits per heavy atom. The summed E-state index contributed by atoms with van der Waals surface area (Å²) in [5.41, 5.74) is -3.54. The number of aryl methyl sites for hydroxylation is 1. The van der Waals surface area contributed by atoms with Crippen molar-refractivity contribution in [1.29, 1.82) is 0 Å². The summed E-state index contributed by atoms with van der Waals surface area (Å²) in [7, 11) is 0. The van der Waals surface area contributed by atoms with Crippen molar-refractivity contribution >= 4 is 16.9 Å². The highest BCUT2D eigenvalue weighted by Gasteiger charge is 2.33. The van der Waals surface area contributed by atoms with Crippen LogP contribution in [0.1, 0.15) is 15.9 Å². The molecule has 0 N–H and O–H groups in total. The molecule has 0 saturated carbocycles. The van der Waals surface area contributed by atoms with Gasteiger partial charge in [0.25, 0.3) is 0 Å². The first-order chi connectivity index (χ1) is 6.38. The number of thioether (sulfide) groups is 1. The van der Waals surface area contributed by atoms with Crippen LogP contribution in [0, 0.1) is 6.92 Å². The zero-order valence-electron chi connectivity index (χ0n) is 7.26. The SMILES string of the molecule is Cc1ccc(C(=O)SC(F)(F)F)cc1. The smallest absolute Gasteiger partial charge is 0.281 e. The lowest BCUT2D eigenvalue weighted by Gasteiger charge is -2.04. The first kappa shape index (κ1) is 11.1. The Morgan fingerprint density at radius 2 is 1.71 bits per heavy atom. The summed E-state index contributed by atoms with van der Waals surface area (Å²) in [6.45, 7) is 1.80. The fraction of sp³-hybridized carbons (Fsp3) is 0.222. The fourth-order valence-corrected chi connectivity index (χ4v) is 1.32. The molecular weight excluding hydrogens is 213 g/mol. The average Bonchev–Trinajstić information content (AvgIpc) is 2.02. The number of alkyl halides is 3. The second kappa shape index (κ2) is 4.04. The summed E-state index contributed by atoms with van der Waals surface area (Å²) < 4.78 is 35.4. The number of hydrogen-bond donors (Lipinski definition) is 0. The van der Waals surface area contributed by atoms with Crippen LogP contribution in [0.15, 0.2) is 24.3 Å². The van der Waals surface area contributed by atoms with Crippen LogP contribution in [0.5, 0.6) is 0 Å². The molecule has 0 aliphatic carbocycles. The molecule has 0 aromatic heterocycles. The van der Waals surface area contributed by atoms with E-state index in [2.05, 4.69) is 0 Å². The van der Waals surface area contributed by atoms with Gasteiger partial charge in [0.05, 0.1) is 0 Å². The molecule has 0 spiro atoms. The lowest BCUT2D eigenvalue weighted by molar-refractivity contribution is -0.0322. The zero-order valence-corrected chi connectivity index (χ0v) is 8.08. The van der Waals surface area contributed by atoms with Crippen LogP contribution in [0.25, 0.3) is 0 Å². The third kappa shape index (κ3) is 3.41. The van der Waals surface area contributed by atoms with Gasteiger partial charge >= 0.3 is 5.51 Å². The molecule has 76 valence electrons. The monoisotopic (exact) mass is 220 g/mol. The van der Waals surface area contributed by atoms with Crippen molar-refractivity contribution in [1.82, 2.24) is 0 Å². The molecule has 1 nitrogen and oxygen atoms in total. The van der Waals surface area contributed by atoms with Gasteiger partial charge in [-0.15, -0.1) is 0 Å². The minimum Gasteiger partial charge on any atom is -0.281 e. The van der Waals surface area contributed by atoms with Crippen LogP contribution in [-0.2, 0) is 0 Å². The molecule has 14 heavy (non-hydrogen) atoms. The highest BCUT2D eigenvalue weighted by atomic mass is 32.2. The first-order valence-electron chi connectivity index (χ1n) is 3.75. The molecule has 0 radical (unpaired) electrons. The molecule has 0 fully saturated rings. The average molecular weight is 220 g/mol. The van der Waals surface area contributed by atoms with E-state index in [1.165, 1.54) is 12.1 Å². The summed E-state index contributed by atoms with van der Waals surface area (Å²) in [6, 6.07) is 5.97. The zero-order chi connectivity index (χ0) is 10.8. The highest BCUT2D eigenvalue weighted by Crippen LogP contribution is 2.32. The molecule has 1 aromatic rings. The quantitative estimate of drug-likeness (QED) is 0.721. The van der Waals surface area contributed by atoms with E-state index in [9.17, 15) is 18.0 Å². The van der Waals surface area contributed by atoms with Crippen molar-refractivity contribution in [2.75, 3.05) is 0 Å². The van der Waals surface area contributed by atoms with E-state index in [0.29, 0.717) is 0 Å². The lowest BCUT2D eigenvalue weighted by Crippen LogP contribution is -2.06. The molecule has 0 amide bonds. The van der Waals surface area contributed by atoms with Crippen LogP contribution in [0.2, 0.25) is 0 Å². The summed E-state index contributed by atoms with van der Waals surface area (Å²) in [6.07, 6.45) is 0. The third-order valence-corrected chi connectivity index (χ3v) is 2.15. The van der Waals surface area contributed by atoms with Crippen molar-refractivity contribution in [3.63, 3.8) is 0 Å². The minimum absolute atomic E-state index is 0.0675. The van der Waals surface area contributed by atoms with E-state index < -0.39 is 22.4 Å². The summed E-state index contributed by atoms with van der Waals surface area (Å²) in [5, 5.41) is -0.975. The van der Waals surface area contributed by atoms with Gasteiger partial charge in [0.2, 0.25) is 5.12 Å². The largest absolute Gasteiger partial charge is 0.449 e. The Labute approximate surface area is 83.3 Å². The van der Waals surface area contributed by atoms with Crippen molar-refractivity contribution in [3.8, 4) is 0 Å². The highest BCUT2D eigenvalue weighted by molar-refractivity contribution is 8.14. The van der Waals surface area contributed by atoms with Crippen molar-refractivity contribution in [2.24, 2.45) is 0 Å². The van der Waals surface area contributed by atoms with E-state index in [1.54, 1.807) is 19.1 Å². The maximum absolute atomic E-state index is 11.8. The number of carbonyl (C=O) groups excluding carboxylic acids is 1. The number of hydrogen-bond acceptors (Lipinski definition) is 2. The Hall–Kier alpha value is -0.970. The molecule has 0 saturated heterocycles. The second-order valence-corrected chi connectivity index (χ2v) is 3.74. The molecule has 0 aliphatic heterocycles. The minimum atomic E-state index is -4.51. The van der Waals surface area contributed by atoms with Crippen molar-refractivity contribution < 1.29 is 18.0 Å². The summed E-state index contributed by atoms with van der Waals surface area (Å²) in [4.78, 5) is 11.0. The van der Waals surface area contributed by atoms with Gasteiger partial charge in [-0.3, -0.25) is 4.79 Å². The molecule has 1 rings (SSSR count). The molecule has 5 heteroatoms. The van der Waals surface area contributed by atoms with Gasteiger partial charge in [0.15, 0.2) is 0 Å². The molecular formula is C9H7F3OS. The van der Waals surface area contributed by atoms with Gasteiger partial charge in [-0.25, -0.2) is 0 Å². The van der Waals surface area contributed by atoms with Crippen LogP contribution in [0.3, 0.4) is 0 Å². The van der Waals surface area contributed by atoms with Crippen molar-refractivity contribution in [3.05, 3.63) is 35.4 Å². The van der Waals surface area contributed by atoms with Gasteiger partial charge in [0, 0.05) is 17.3 Å². The Kier molecular flexibility index (Phi) is 3.21. The normalized spacial score (nSPS) is 11.4. The van der Waals surface area contributed by atoms with Gasteiger partial charge < -0.3 is 0 Å². The summed E-state index contributed by atoms with van der Waals surface area (Å²) >= 11 is -0.623. The number of carbonyl (C=O) groups is 1. The predicted molar refractivity (Wildman–Crippen MR) is 49.2 cm³/mol. The standard InChI is InChI=1S/C9H7F3OS/c1-6-2-4-7(5-3-6)8(13)14-9(10,11)12/h2-5H,1H3. The molecule has 1 aromatic carbocycles. The third-order valence-electron chi connectivity index (χ3n) is 1.50. The Morgan fingerprint density at radius 3 is 2.14 bits per heavy atom. The Balaban J connectivity index is 2.76. The van der Waals surface area contributed by atoms with E-state index in [4.69, 9.17) is 0 Å². The second-order valence-electron chi connectivity index (χ2n) is 2.70. The molecule has 0 atom stereocenters. The summed E-state index contributed by atoms with van der Waals surface area (Å²) in [5.74, 6) is 0. The maximum Gasteiger partial charge on any atom is 0.449 e. The molecule has 0 heterocycles. The lowest BCUT2D eigenvalue weighted by atomic mass is 10.2. The molecule has 0 aliphatic rings. The predicted octanol–water partition coefficient (Wildman–Crippen LogP) is 3.39. The van der Waals surface area contributed by atoms with Gasteiger partial charge in [0.1, 0.15) is 0 Å². The van der Waals surface area contributed by atoms with Crippen LogP contribution in [-0.4, -0.2) is 10.6 Å². The Bertz CT molecular complexity index is 329. The number of rotatable bonds is 1. The van der Waals surface area contributed by atoms with Crippen LogP contribution in [0.4, 0.5) is 13.2 Å². The van der Waals surface area contributed by atoms with Crippen LogP contribution < -0.4 is 0 Å². The topological polar surface area (TPSA) is 17.1 Å². The van der Waals surface area contributed by atoms with Crippen molar-refractivity contribution in [2.45, 2.75) is 12.4 Å². The number of benzene rings is 1. The molecule has 0 bridgehead atoms. The van der Waals surface area contributed by atoms with E-state index >= 15 is 0 Å². The van der Waals surface area contributed by atoms with Gasteiger partial charge in [-0.05, 0) is 6.92 Å². The van der Waals surface area contributed by atoms with Gasteiger partial charge in [-0.2, -0.15) is 13.2 Å². The van der Waals surface area contributed by atoms with Crippen LogP contribution >= 0.6 is 11.8 Å². The number of halogens is 3.